The minimum absolute atomic E-state index is 0.210. The van der Waals surface area contributed by atoms with E-state index in [9.17, 15) is 4.79 Å². The number of hydrogen-bond donors (Lipinski definition) is 0. The molecule has 30 heavy (non-hydrogen) atoms. The Morgan fingerprint density at radius 1 is 0.967 bits per heavy atom. The summed E-state index contributed by atoms with van der Waals surface area (Å²) in [5.74, 6) is 0.210. The number of benzene rings is 2. The van der Waals surface area contributed by atoms with Gasteiger partial charge in [-0.3, -0.25) is 9.69 Å². The van der Waals surface area contributed by atoms with Crippen LogP contribution in [0, 0.1) is 0 Å². The second-order valence-corrected chi connectivity index (χ2v) is 9.77. The highest BCUT2D eigenvalue weighted by atomic mass is 32.1. The van der Waals surface area contributed by atoms with E-state index < -0.39 is 0 Å². The Morgan fingerprint density at radius 3 is 2.80 bits per heavy atom. The molecule has 1 unspecified atom stereocenters. The minimum atomic E-state index is 0.210. The van der Waals surface area contributed by atoms with Gasteiger partial charge in [-0.1, -0.05) is 24.3 Å². The third-order valence-electron chi connectivity index (χ3n) is 7.03. The highest BCUT2D eigenvalue weighted by molar-refractivity contribution is 7.17. The van der Waals surface area contributed by atoms with E-state index in [0.717, 1.165) is 57.7 Å². The lowest BCUT2D eigenvalue weighted by atomic mass is 9.94. The standard InChI is InChI=1S/C25H27N3OS/c29-25-21-7-2-1-6-18(21)15-27(25)11-4-3-10-26-12-13-28-20(16-26)14-19-17-30-23-9-5-8-22(28)24(19)23/h1-2,5-9,17,20H,3-4,10-16H2. The zero-order valence-electron chi connectivity index (χ0n) is 17.2. The van der Waals surface area contributed by atoms with E-state index in [2.05, 4.69) is 39.4 Å². The Morgan fingerprint density at radius 2 is 1.87 bits per heavy atom. The molecular formula is C25H27N3OS. The summed E-state index contributed by atoms with van der Waals surface area (Å²) in [6.07, 6.45) is 3.42. The van der Waals surface area contributed by atoms with Gasteiger partial charge >= 0.3 is 0 Å². The van der Waals surface area contributed by atoms with Gasteiger partial charge in [-0.25, -0.2) is 0 Å². The van der Waals surface area contributed by atoms with Crippen molar-refractivity contribution in [1.29, 1.82) is 0 Å². The average molecular weight is 418 g/mol. The number of rotatable bonds is 5. The summed E-state index contributed by atoms with van der Waals surface area (Å²) < 4.78 is 1.43. The number of carbonyl (C=O) groups excluding carboxylic acids is 1. The lowest BCUT2D eigenvalue weighted by Crippen LogP contribution is -2.55. The minimum Gasteiger partial charge on any atom is -0.365 e. The number of piperazine rings is 1. The fourth-order valence-electron chi connectivity index (χ4n) is 5.53. The summed E-state index contributed by atoms with van der Waals surface area (Å²) in [7, 11) is 0. The molecule has 5 heteroatoms. The van der Waals surface area contributed by atoms with Crippen LogP contribution in [0.2, 0.25) is 0 Å². The average Bonchev–Trinajstić information content (AvgIpc) is 3.33. The van der Waals surface area contributed by atoms with E-state index in [4.69, 9.17) is 0 Å². The third kappa shape index (κ3) is 3.03. The molecule has 2 aromatic carbocycles. The van der Waals surface area contributed by atoms with Gasteiger partial charge in [0.25, 0.3) is 5.91 Å². The first-order chi connectivity index (χ1) is 14.8. The zero-order chi connectivity index (χ0) is 20.1. The molecule has 0 spiro atoms. The number of fused-ring (bicyclic) bond motifs is 3. The molecule has 4 heterocycles. The first-order valence-corrected chi connectivity index (χ1v) is 12.0. The summed E-state index contributed by atoms with van der Waals surface area (Å²) >= 11 is 1.89. The number of anilines is 1. The summed E-state index contributed by atoms with van der Waals surface area (Å²) in [5.41, 5.74) is 5.07. The molecule has 0 saturated carbocycles. The number of nitrogens with zero attached hydrogens (tertiary/aromatic N) is 3. The van der Waals surface area contributed by atoms with Gasteiger partial charge in [0, 0.05) is 60.1 Å². The van der Waals surface area contributed by atoms with Crippen molar-refractivity contribution in [2.75, 3.05) is 37.6 Å². The maximum atomic E-state index is 12.5. The number of hydrogen-bond acceptors (Lipinski definition) is 4. The Balaban J connectivity index is 1.03. The lowest BCUT2D eigenvalue weighted by molar-refractivity contribution is 0.0773. The van der Waals surface area contributed by atoms with Crippen LogP contribution in [0.15, 0.2) is 47.8 Å². The van der Waals surface area contributed by atoms with Crippen LogP contribution >= 0.6 is 11.3 Å². The smallest absolute Gasteiger partial charge is 0.254 e. The van der Waals surface area contributed by atoms with Crippen molar-refractivity contribution in [2.24, 2.45) is 0 Å². The molecule has 1 aromatic heterocycles. The molecule has 3 aliphatic heterocycles. The molecule has 1 atom stereocenters. The van der Waals surface area contributed by atoms with Gasteiger partial charge in [0.2, 0.25) is 0 Å². The zero-order valence-corrected chi connectivity index (χ0v) is 18.0. The summed E-state index contributed by atoms with van der Waals surface area (Å²) in [6.45, 7) is 6.21. The number of carbonyl (C=O) groups is 1. The molecular weight excluding hydrogens is 390 g/mol. The van der Waals surface area contributed by atoms with E-state index in [1.54, 1.807) is 5.56 Å². The van der Waals surface area contributed by atoms with Crippen molar-refractivity contribution in [1.82, 2.24) is 9.80 Å². The van der Waals surface area contributed by atoms with Gasteiger partial charge in [-0.2, -0.15) is 0 Å². The van der Waals surface area contributed by atoms with Gasteiger partial charge in [0.05, 0.1) is 0 Å². The molecule has 1 fully saturated rings. The first kappa shape index (κ1) is 18.4. The van der Waals surface area contributed by atoms with Crippen LogP contribution in [-0.2, 0) is 13.0 Å². The predicted molar refractivity (Wildman–Crippen MR) is 124 cm³/mol. The second-order valence-electron chi connectivity index (χ2n) is 8.85. The molecule has 0 N–H and O–H groups in total. The molecule has 1 amide bonds. The molecule has 0 radical (unpaired) electrons. The van der Waals surface area contributed by atoms with Crippen molar-refractivity contribution in [3.8, 4) is 0 Å². The first-order valence-electron chi connectivity index (χ1n) is 11.1. The molecule has 1 saturated heterocycles. The summed E-state index contributed by atoms with van der Waals surface area (Å²) in [5, 5.41) is 3.87. The highest BCUT2D eigenvalue weighted by Crippen LogP contribution is 2.40. The van der Waals surface area contributed by atoms with Gasteiger partial charge in [0.15, 0.2) is 0 Å². The molecule has 154 valence electrons. The Kier molecular flexibility index (Phi) is 4.54. The van der Waals surface area contributed by atoms with Crippen LogP contribution in [0.5, 0.6) is 0 Å². The Labute approximate surface area is 181 Å². The maximum absolute atomic E-state index is 12.5. The van der Waals surface area contributed by atoms with Crippen molar-refractivity contribution < 1.29 is 4.79 Å². The van der Waals surface area contributed by atoms with Crippen molar-refractivity contribution in [3.05, 3.63) is 64.5 Å². The normalized spacial score (nSPS) is 20.7. The Hall–Kier alpha value is -2.37. The Bertz CT molecular complexity index is 1110. The van der Waals surface area contributed by atoms with Gasteiger partial charge < -0.3 is 9.80 Å². The van der Waals surface area contributed by atoms with E-state index in [1.165, 1.54) is 27.8 Å². The maximum Gasteiger partial charge on any atom is 0.254 e. The molecule has 0 bridgehead atoms. The van der Waals surface area contributed by atoms with Crippen LogP contribution in [0.25, 0.3) is 10.1 Å². The van der Waals surface area contributed by atoms with Gasteiger partial charge in [-0.05, 0) is 60.5 Å². The van der Waals surface area contributed by atoms with Crippen LogP contribution in [0.4, 0.5) is 5.69 Å². The largest absolute Gasteiger partial charge is 0.365 e. The van der Waals surface area contributed by atoms with E-state index >= 15 is 0 Å². The van der Waals surface area contributed by atoms with E-state index in [0.29, 0.717) is 6.04 Å². The van der Waals surface area contributed by atoms with E-state index in [-0.39, 0.29) is 5.91 Å². The number of unbranched alkanes of at least 4 members (excludes halogenated alkanes) is 1. The number of amides is 1. The molecule has 3 aliphatic rings. The SMILES string of the molecule is O=C1c2ccccc2CN1CCCCN1CCN2c3cccc4scc(c34)CC2C1. The van der Waals surface area contributed by atoms with Crippen molar-refractivity contribution >= 4 is 33.0 Å². The summed E-state index contributed by atoms with van der Waals surface area (Å²) in [6, 6.07) is 15.4. The van der Waals surface area contributed by atoms with Crippen LogP contribution in [0.3, 0.4) is 0 Å². The summed E-state index contributed by atoms with van der Waals surface area (Å²) in [4.78, 5) is 19.8. The van der Waals surface area contributed by atoms with Crippen molar-refractivity contribution in [2.45, 2.75) is 31.8 Å². The van der Waals surface area contributed by atoms with Crippen LogP contribution in [0.1, 0.15) is 34.3 Å². The highest BCUT2D eigenvalue weighted by Gasteiger charge is 2.33. The topological polar surface area (TPSA) is 26.8 Å². The van der Waals surface area contributed by atoms with E-state index in [1.807, 2.05) is 34.4 Å². The monoisotopic (exact) mass is 417 g/mol. The molecule has 3 aromatic rings. The van der Waals surface area contributed by atoms with Gasteiger partial charge in [-0.15, -0.1) is 11.3 Å². The molecule has 0 aliphatic carbocycles. The van der Waals surface area contributed by atoms with Crippen LogP contribution < -0.4 is 4.90 Å². The quantitative estimate of drug-likeness (QED) is 0.576. The molecule has 4 nitrogen and oxygen atoms in total. The third-order valence-corrected chi connectivity index (χ3v) is 8.03. The predicted octanol–water partition coefficient (Wildman–Crippen LogP) is 4.38. The molecule has 6 rings (SSSR count). The van der Waals surface area contributed by atoms with Crippen molar-refractivity contribution in [3.63, 3.8) is 0 Å². The van der Waals surface area contributed by atoms with Crippen LogP contribution in [-0.4, -0.2) is 54.5 Å². The lowest BCUT2D eigenvalue weighted by Gasteiger charge is -2.45. The fourth-order valence-corrected chi connectivity index (χ4v) is 6.52. The second kappa shape index (κ2) is 7.40. The number of thiophene rings is 1. The fraction of sp³-hybridized carbons (Fsp3) is 0.400. The van der Waals surface area contributed by atoms with Gasteiger partial charge in [0.1, 0.15) is 0 Å².